The minimum Gasteiger partial charge on any atom is -0.363 e. The van der Waals surface area contributed by atoms with Gasteiger partial charge in [-0.2, -0.15) is 0 Å². The van der Waals surface area contributed by atoms with Crippen molar-refractivity contribution < 1.29 is 0 Å². The van der Waals surface area contributed by atoms with Crippen LogP contribution < -0.4 is 5.32 Å². The van der Waals surface area contributed by atoms with E-state index in [2.05, 4.69) is 5.32 Å². The summed E-state index contributed by atoms with van der Waals surface area (Å²) in [6, 6.07) is 7.80. The van der Waals surface area contributed by atoms with E-state index in [4.69, 9.17) is 23.8 Å². The Balaban J connectivity index is 2.62. The highest BCUT2D eigenvalue weighted by Gasteiger charge is 2.05. The molecule has 4 heteroatoms. The summed E-state index contributed by atoms with van der Waals surface area (Å²) < 4.78 is 0. The predicted molar refractivity (Wildman–Crippen MR) is 69.2 cm³/mol. The van der Waals surface area contributed by atoms with Crippen molar-refractivity contribution in [2.45, 2.75) is 13.5 Å². The van der Waals surface area contributed by atoms with Gasteiger partial charge in [0, 0.05) is 25.2 Å². The number of hydrogen-bond donors (Lipinski definition) is 1. The van der Waals surface area contributed by atoms with Crippen LogP contribution in [0.1, 0.15) is 12.5 Å². The predicted octanol–water partition coefficient (Wildman–Crippen LogP) is 2.67. The highest BCUT2D eigenvalue weighted by atomic mass is 35.5. The van der Waals surface area contributed by atoms with E-state index in [1.807, 2.05) is 43.1 Å². The lowest BCUT2D eigenvalue weighted by atomic mass is 10.2. The van der Waals surface area contributed by atoms with E-state index in [-0.39, 0.29) is 0 Å². The van der Waals surface area contributed by atoms with E-state index in [1.54, 1.807) is 0 Å². The molecule has 0 bridgehead atoms. The first-order valence-electron chi connectivity index (χ1n) is 4.87. The molecule has 2 nitrogen and oxygen atoms in total. The minimum absolute atomic E-state index is 0.728. The number of benzene rings is 1. The van der Waals surface area contributed by atoms with Gasteiger partial charge in [0.05, 0.1) is 0 Å². The summed E-state index contributed by atoms with van der Waals surface area (Å²) >= 11 is 11.2. The average molecular weight is 243 g/mol. The number of nitrogens with zero attached hydrogens (tertiary/aromatic N) is 1. The molecule has 0 fully saturated rings. The largest absolute Gasteiger partial charge is 0.363 e. The van der Waals surface area contributed by atoms with E-state index >= 15 is 0 Å². The number of hydrogen-bond acceptors (Lipinski definition) is 1. The quantitative estimate of drug-likeness (QED) is 0.821. The first kappa shape index (κ1) is 12.3. The number of thiocarbonyl (C=S) groups is 1. The lowest BCUT2D eigenvalue weighted by molar-refractivity contribution is 0.491. The molecule has 0 atom stereocenters. The maximum absolute atomic E-state index is 6.06. The fourth-order valence-electron chi connectivity index (χ4n) is 1.24. The van der Waals surface area contributed by atoms with Gasteiger partial charge in [-0.3, -0.25) is 0 Å². The zero-order chi connectivity index (χ0) is 11.3. The van der Waals surface area contributed by atoms with Gasteiger partial charge in [0.1, 0.15) is 0 Å². The molecule has 0 saturated carbocycles. The Morgan fingerprint density at radius 3 is 2.73 bits per heavy atom. The van der Waals surface area contributed by atoms with Gasteiger partial charge in [-0.05, 0) is 30.8 Å². The maximum atomic E-state index is 6.06. The molecule has 0 aliphatic carbocycles. The van der Waals surface area contributed by atoms with Crippen LogP contribution in [0.15, 0.2) is 24.3 Å². The van der Waals surface area contributed by atoms with Crippen molar-refractivity contribution in [1.29, 1.82) is 0 Å². The third kappa shape index (κ3) is 3.68. The van der Waals surface area contributed by atoms with Crippen molar-refractivity contribution in [2.24, 2.45) is 0 Å². The molecule has 0 radical (unpaired) electrons. The van der Waals surface area contributed by atoms with Gasteiger partial charge in [-0.15, -0.1) is 0 Å². The molecular weight excluding hydrogens is 228 g/mol. The molecule has 1 N–H and O–H groups in total. The van der Waals surface area contributed by atoms with Crippen LogP contribution in [0, 0.1) is 0 Å². The minimum atomic E-state index is 0.728. The average Bonchev–Trinajstić information content (AvgIpc) is 2.21. The fraction of sp³-hybridized carbons (Fsp3) is 0.364. The second-order valence-corrected chi connectivity index (χ2v) is 4.08. The zero-order valence-corrected chi connectivity index (χ0v) is 10.5. The second kappa shape index (κ2) is 5.93. The highest BCUT2D eigenvalue weighted by molar-refractivity contribution is 7.80. The van der Waals surface area contributed by atoms with Gasteiger partial charge in [0.25, 0.3) is 0 Å². The normalized spacial score (nSPS) is 9.80. The lowest BCUT2D eigenvalue weighted by Crippen LogP contribution is -2.36. The molecule has 0 spiro atoms. The summed E-state index contributed by atoms with van der Waals surface area (Å²) in [6.07, 6.45) is 0. The molecule has 0 unspecified atom stereocenters. The summed E-state index contributed by atoms with van der Waals surface area (Å²) in [7, 11) is 1.95. The van der Waals surface area contributed by atoms with Crippen LogP contribution in [0.3, 0.4) is 0 Å². The molecule has 1 rings (SSSR count). The van der Waals surface area contributed by atoms with Crippen molar-refractivity contribution in [3.8, 4) is 0 Å². The molecule has 1 aromatic carbocycles. The Hall–Kier alpha value is -0.800. The Kier molecular flexibility index (Phi) is 4.85. The Labute approximate surface area is 101 Å². The maximum Gasteiger partial charge on any atom is 0.168 e. The Morgan fingerprint density at radius 1 is 1.47 bits per heavy atom. The van der Waals surface area contributed by atoms with Gasteiger partial charge in [-0.1, -0.05) is 29.8 Å². The van der Waals surface area contributed by atoms with E-state index in [0.29, 0.717) is 0 Å². The molecule has 0 amide bonds. The molecule has 15 heavy (non-hydrogen) atoms. The van der Waals surface area contributed by atoms with E-state index < -0.39 is 0 Å². The Morgan fingerprint density at radius 2 is 2.13 bits per heavy atom. The van der Waals surface area contributed by atoms with Crippen molar-refractivity contribution >= 4 is 28.9 Å². The van der Waals surface area contributed by atoms with Crippen LogP contribution in [0.2, 0.25) is 5.02 Å². The Bertz CT molecular complexity index is 341. The summed E-state index contributed by atoms with van der Waals surface area (Å²) in [6.45, 7) is 3.59. The number of halogens is 1. The smallest absolute Gasteiger partial charge is 0.168 e. The first-order chi connectivity index (χ1) is 7.15. The standard InChI is InChI=1S/C11H15ClN2S/c1-3-13-11(15)14(2)8-9-6-4-5-7-10(9)12/h4-7H,3,8H2,1-2H3,(H,13,15). The monoisotopic (exact) mass is 242 g/mol. The van der Waals surface area contributed by atoms with Crippen LogP contribution in [0.4, 0.5) is 0 Å². The van der Waals surface area contributed by atoms with Crippen molar-refractivity contribution in [2.75, 3.05) is 13.6 Å². The fourth-order valence-corrected chi connectivity index (χ4v) is 1.64. The molecular formula is C11H15ClN2S. The van der Waals surface area contributed by atoms with Crippen LogP contribution in [0.25, 0.3) is 0 Å². The second-order valence-electron chi connectivity index (χ2n) is 3.28. The van der Waals surface area contributed by atoms with Crippen molar-refractivity contribution in [3.05, 3.63) is 34.9 Å². The molecule has 0 aliphatic rings. The third-order valence-electron chi connectivity index (χ3n) is 2.04. The summed E-state index contributed by atoms with van der Waals surface area (Å²) in [5, 5.41) is 4.63. The van der Waals surface area contributed by atoms with Gasteiger partial charge in [-0.25, -0.2) is 0 Å². The summed E-state index contributed by atoms with van der Waals surface area (Å²) in [5.41, 5.74) is 1.09. The molecule has 1 aromatic rings. The van der Waals surface area contributed by atoms with E-state index in [9.17, 15) is 0 Å². The molecule has 82 valence electrons. The van der Waals surface area contributed by atoms with Gasteiger partial charge in [0.2, 0.25) is 0 Å². The van der Waals surface area contributed by atoms with Gasteiger partial charge >= 0.3 is 0 Å². The van der Waals surface area contributed by atoms with Crippen LogP contribution in [-0.4, -0.2) is 23.6 Å². The van der Waals surface area contributed by atoms with Crippen molar-refractivity contribution in [3.63, 3.8) is 0 Å². The van der Waals surface area contributed by atoms with Crippen molar-refractivity contribution in [1.82, 2.24) is 10.2 Å². The molecule has 0 aromatic heterocycles. The molecule has 0 heterocycles. The lowest BCUT2D eigenvalue weighted by Gasteiger charge is -2.20. The topological polar surface area (TPSA) is 15.3 Å². The van der Waals surface area contributed by atoms with Crippen LogP contribution >= 0.6 is 23.8 Å². The highest BCUT2D eigenvalue weighted by Crippen LogP contribution is 2.16. The van der Waals surface area contributed by atoms with E-state index in [0.717, 1.165) is 28.8 Å². The number of rotatable bonds is 3. The first-order valence-corrected chi connectivity index (χ1v) is 5.66. The SMILES string of the molecule is CCNC(=S)N(C)Cc1ccccc1Cl. The molecule has 0 aliphatic heterocycles. The van der Waals surface area contributed by atoms with Crippen LogP contribution in [-0.2, 0) is 6.54 Å². The summed E-state index contributed by atoms with van der Waals surface area (Å²) in [5.74, 6) is 0. The molecule has 0 saturated heterocycles. The summed E-state index contributed by atoms with van der Waals surface area (Å²) in [4.78, 5) is 1.97. The number of nitrogens with one attached hydrogen (secondary N) is 1. The van der Waals surface area contributed by atoms with E-state index in [1.165, 1.54) is 0 Å². The van der Waals surface area contributed by atoms with Gasteiger partial charge in [0.15, 0.2) is 5.11 Å². The van der Waals surface area contributed by atoms with Crippen LogP contribution in [0.5, 0.6) is 0 Å². The zero-order valence-electron chi connectivity index (χ0n) is 8.96. The third-order valence-corrected chi connectivity index (χ3v) is 2.86. The van der Waals surface area contributed by atoms with Gasteiger partial charge < -0.3 is 10.2 Å².